The van der Waals surface area contributed by atoms with E-state index in [4.69, 9.17) is 14.0 Å². The Balaban J connectivity index is 1.82. The number of aryl methyl sites for hydroxylation is 2. The molecule has 0 amide bonds. The molecule has 1 aromatic heterocycles. The Morgan fingerprint density at radius 3 is 2.65 bits per heavy atom. The zero-order valence-corrected chi connectivity index (χ0v) is 14.3. The summed E-state index contributed by atoms with van der Waals surface area (Å²) in [5.41, 5.74) is 3.48. The predicted molar refractivity (Wildman–Crippen MR) is 87.9 cm³/mol. The molecule has 2 heterocycles. The maximum atomic E-state index is 5.41. The molecule has 0 bridgehead atoms. The van der Waals surface area contributed by atoms with Crippen molar-refractivity contribution < 1.29 is 14.0 Å². The molecule has 1 aliphatic heterocycles. The van der Waals surface area contributed by atoms with Crippen LogP contribution in [0.2, 0.25) is 0 Å². The van der Waals surface area contributed by atoms with Crippen molar-refractivity contribution in [3.63, 3.8) is 0 Å². The Kier molecular flexibility index (Phi) is 4.57. The fraction of sp³-hybridized carbons (Fsp3) is 0.500. The molecular formula is C18H24N2O3. The van der Waals surface area contributed by atoms with Gasteiger partial charge in [0.05, 0.1) is 19.9 Å². The molecular weight excluding hydrogens is 292 g/mol. The molecule has 0 radical (unpaired) electrons. The second-order valence-electron chi connectivity index (χ2n) is 6.06. The van der Waals surface area contributed by atoms with Gasteiger partial charge in [-0.3, -0.25) is 4.90 Å². The van der Waals surface area contributed by atoms with E-state index in [9.17, 15) is 0 Å². The number of ether oxygens (including phenoxy) is 2. The van der Waals surface area contributed by atoms with Crippen LogP contribution < -0.4 is 9.47 Å². The second-order valence-corrected chi connectivity index (χ2v) is 6.06. The van der Waals surface area contributed by atoms with E-state index in [0.717, 1.165) is 42.5 Å². The minimum Gasteiger partial charge on any atom is -0.493 e. The highest BCUT2D eigenvalue weighted by Crippen LogP contribution is 2.37. The zero-order valence-electron chi connectivity index (χ0n) is 14.3. The molecule has 2 aromatic rings. The van der Waals surface area contributed by atoms with E-state index in [0.29, 0.717) is 6.04 Å². The Morgan fingerprint density at radius 1 is 1.22 bits per heavy atom. The molecule has 1 saturated heterocycles. The highest BCUT2D eigenvalue weighted by atomic mass is 16.5. The molecule has 0 saturated carbocycles. The van der Waals surface area contributed by atoms with Gasteiger partial charge in [0.25, 0.3) is 0 Å². The number of methoxy groups -OCH3 is 2. The first-order valence-corrected chi connectivity index (χ1v) is 8.01. The first-order chi connectivity index (χ1) is 11.1. The Morgan fingerprint density at radius 2 is 2.00 bits per heavy atom. The summed E-state index contributed by atoms with van der Waals surface area (Å²) in [7, 11) is 3.33. The van der Waals surface area contributed by atoms with Crippen LogP contribution in [-0.4, -0.2) is 30.8 Å². The highest BCUT2D eigenvalue weighted by Gasteiger charge is 2.30. The monoisotopic (exact) mass is 316 g/mol. The van der Waals surface area contributed by atoms with Gasteiger partial charge in [0.15, 0.2) is 11.5 Å². The van der Waals surface area contributed by atoms with Crippen molar-refractivity contribution >= 4 is 0 Å². The lowest BCUT2D eigenvalue weighted by atomic mass is 10.0. The molecule has 124 valence electrons. The van der Waals surface area contributed by atoms with E-state index in [2.05, 4.69) is 22.2 Å². The van der Waals surface area contributed by atoms with Crippen molar-refractivity contribution in [2.45, 2.75) is 39.3 Å². The molecule has 23 heavy (non-hydrogen) atoms. The van der Waals surface area contributed by atoms with E-state index in [1.165, 1.54) is 17.5 Å². The Hall–Kier alpha value is -2.01. The number of hydrogen-bond donors (Lipinski definition) is 0. The molecule has 0 spiro atoms. The summed E-state index contributed by atoms with van der Waals surface area (Å²) >= 11 is 0. The molecule has 1 aliphatic rings. The third-order valence-corrected chi connectivity index (χ3v) is 4.62. The van der Waals surface area contributed by atoms with E-state index < -0.39 is 0 Å². The summed E-state index contributed by atoms with van der Waals surface area (Å²) in [5, 5.41) is 4.11. The number of likely N-dealkylation sites (tertiary alicyclic amines) is 1. The first kappa shape index (κ1) is 15.9. The van der Waals surface area contributed by atoms with Crippen LogP contribution >= 0.6 is 0 Å². The normalized spacial score (nSPS) is 18.3. The summed E-state index contributed by atoms with van der Waals surface area (Å²) in [5.74, 6) is 2.48. The summed E-state index contributed by atoms with van der Waals surface area (Å²) in [6.45, 7) is 6.00. The van der Waals surface area contributed by atoms with Gasteiger partial charge < -0.3 is 14.0 Å². The summed E-state index contributed by atoms with van der Waals surface area (Å²) in [4.78, 5) is 2.49. The van der Waals surface area contributed by atoms with Gasteiger partial charge in [-0.1, -0.05) is 11.2 Å². The van der Waals surface area contributed by atoms with Gasteiger partial charge in [-0.15, -0.1) is 0 Å². The lowest BCUT2D eigenvalue weighted by Gasteiger charge is -2.25. The van der Waals surface area contributed by atoms with Gasteiger partial charge in [0, 0.05) is 18.2 Å². The lowest BCUT2D eigenvalue weighted by Crippen LogP contribution is -2.23. The van der Waals surface area contributed by atoms with Gasteiger partial charge in [-0.25, -0.2) is 0 Å². The van der Waals surface area contributed by atoms with Gasteiger partial charge in [-0.05, 0) is 50.9 Å². The van der Waals surface area contributed by atoms with Gasteiger partial charge in [0.2, 0.25) is 0 Å². The van der Waals surface area contributed by atoms with Crippen molar-refractivity contribution in [3.8, 4) is 11.5 Å². The number of nitrogens with zero attached hydrogens (tertiary/aromatic N) is 2. The topological polar surface area (TPSA) is 47.7 Å². The molecule has 5 heteroatoms. The third kappa shape index (κ3) is 3.06. The fourth-order valence-electron chi connectivity index (χ4n) is 3.52. The smallest absolute Gasteiger partial charge is 0.161 e. The first-order valence-electron chi connectivity index (χ1n) is 8.01. The van der Waals surface area contributed by atoms with Crippen LogP contribution in [0.5, 0.6) is 11.5 Å². The van der Waals surface area contributed by atoms with Crippen LogP contribution in [0.1, 0.15) is 41.5 Å². The van der Waals surface area contributed by atoms with E-state index in [-0.39, 0.29) is 0 Å². The summed E-state index contributed by atoms with van der Waals surface area (Å²) < 4.78 is 16.1. The van der Waals surface area contributed by atoms with Crippen LogP contribution in [0.15, 0.2) is 22.7 Å². The number of rotatable bonds is 5. The van der Waals surface area contributed by atoms with Crippen LogP contribution in [-0.2, 0) is 6.54 Å². The SMILES string of the molecule is COc1ccc(CN2CCCC2c2c(C)noc2C)cc1OC. The van der Waals surface area contributed by atoms with Gasteiger partial charge in [0.1, 0.15) is 5.76 Å². The van der Waals surface area contributed by atoms with E-state index >= 15 is 0 Å². The van der Waals surface area contributed by atoms with Crippen LogP contribution in [0, 0.1) is 13.8 Å². The fourth-order valence-corrected chi connectivity index (χ4v) is 3.52. The average molecular weight is 316 g/mol. The van der Waals surface area contributed by atoms with Crippen molar-refractivity contribution in [2.24, 2.45) is 0 Å². The Bertz CT molecular complexity index is 661. The summed E-state index contributed by atoms with van der Waals surface area (Å²) in [6.07, 6.45) is 2.35. The molecule has 5 nitrogen and oxygen atoms in total. The largest absolute Gasteiger partial charge is 0.493 e. The van der Waals surface area contributed by atoms with Crippen LogP contribution in [0.4, 0.5) is 0 Å². The summed E-state index contributed by atoms with van der Waals surface area (Å²) in [6, 6.07) is 6.51. The average Bonchev–Trinajstić information content (AvgIpc) is 3.13. The number of benzene rings is 1. The molecule has 3 rings (SSSR count). The minimum absolute atomic E-state index is 0.384. The predicted octanol–water partition coefficient (Wildman–Crippen LogP) is 3.65. The number of hydrogen-bond acceptors (Lipinski definition) is 5. The van der Waals surface area contributed by atoms with E-state index in [1.54, 1.807) is 14.2 Å². The second kappa shape index (κ2) is 6.62. The highest BCUT2D eigenvalue weighted by molar-refractivity contribution is 5.43. The maximum Gasteiger partial charge on any atom is 0.161 e. The molecule has 1 fully saturated rings. The minimum atomic E-state index is 0.384. The van der Waals surface area contributed by atoms with Gasteiger partial charge in [-0.2, -0.15) is 0 Å². The third-order valence-electron chi connectivity index (χ3n) is 4.62. The van der Waals surface area contributed by atoms with Crippen molar-refractivity contribution in [2.75, 3.05) is 20.8 Å². The van der Waals surface area contributed by atoms with Crippen LogP contribution in [0.3, 0.4) is 0 Å². The standard InChI is InChI=1S/C18H24N2O3/c1-12-18(13(2)23-19-12)15-6-5-9-20(15)11-14-7-8-16(21-3)17(10-14)22-4/h7-8,10,15H,5-6,9,11H2,1-4H3. The molecule has 1 unspecified atom stereocenters. The Labute approximate surface area is 137 Å². The number of aromatic nitrogens is 1. The quantitative estimate of drug-likeness (QED) is 0.842. The van der Waals surface area contributed by atoms with Crippen molar-refractivity contribution in [1.29, 1.82) is 0 Å². The zero-order chi connectivity index (χ0) is 16.4. The van der Waals surface area contributed by atoms with Gasteiger partial charge >= 0.3 is 0 Å². The molecule has 0 N–H and O–H groups in total. The van der Waals surface area contributed by atoms with E-state index in [1.807, 2.05) is 19.9 Å². The van der Waals surface area contributed by atoms with Crippen molar-refractivity contribution in [1.82, 2.24) is 10.1 Å². The molecule has 0 aliphatic carbocycles. The molecule has 1 atom stereocenters. The molecule has 1 aromatic carbocycles. The van der Waals surface area contributed by atoms with Crippen LogP contribution in [0.25, 0.3) is 0 Å². The maximum absolute atomic E-state index is 5.41. The van der Waals surface area contributed by atoms with Crippen molar-refractivity contribution in [3.05, 3.63) is 40.8 Å². The lowest BCUT2D eigenvalue weighted by molar-refractivity contribution is 0.245.